The van der Waals surface area contributed by atoms with Crippen LogP contribution in [-0.4, -0.2) is 53.5 Å². The predicted octanol–water partition coefficient (Wildman–Crippen LogP) is 3.84. The molecule has 1 aliphatic carbocycles. The van der Waals surface area contributed by atoms with Crippen LogP contribution in [-0.2, 0) is 21.6 Å². The van der Waals surface area contributed by atoms with Gasteiger partial charge in [-0.05, 0) is 24.8 Å². The van der Waals surface area contributed by atoms with Gasteiger partial charge in [0.25, 0.3) is 0 Å². The highest BCUT2D eigenvalue weighted by atomic mass is 16.6. The lowest BCUT2D eigenvalue weighted by atomic mass is 9.80. The van der Waals surface area contributed by atoms with Gasteiger partial charge >= 0.3 is 5.97 Å². The molecule has 0 bridgehead atoms. The number of benzene rings is 1. The average molecular weight is 428 g/mol. The Kier molecular flexibility index (Phi) is 6.77. The molecule has 31 heavy (non-hydrogen) atoms. The van der Waals surface area contributed by atoms with E-state index in [1.54, 1.807) is 6.26 Å². The maximum absolute atomic E-state index is 13.3. The van der Waals surface area contributed by atoms with Gasteiger partial charge in [0, 0.05) is 31.2 Å². The Morgan fingerprint density at radius 2 is 1.97 bits per heavy atom. The molecule has 1 aliphatic heterocycles. The van der Waals surface area contributed by atoms with Crippen LogP contribution >= 0.6 is 0 Å². The number of aliphatic hydroxyl groups is 1. The molecule has 2 aliphatic rings. The van der Waals surface area contributed by atoms with Crippen LogP contribution < -0.4 is 0 Å². The number of esters is 1. The van der Waals surface area contributed by atoms with E-state index in [0.717, 1.165) is 74.6 Å². The molecule has 168 valence electrons. The maximum Gasteiger partial charge on any atom is 0.343 e. The highest BCUT2D eigenvalue weighted by Crippen LogP contribution is 2.41. The molecule has 0 spiro atoms. The first kappa shape index (κ1) is 22.0. The summed E-state index contributed by atoms with van der Waals surface area (Å²) in [6.45, 7) is 2.47. The second kappa shape index (κ2) is 9.53. The summed E-state index contributed by atoms with van der Waals surface area (Å²) in [5, 5.41) is 15.6. The summed E-state index contributed by atoms with van der Waals surface area (Å²) in [7, 11) is 2.26. The first-order chi connectivity index (χ1) is 15.0. The number of carbonyl (C=O) groups excluding carboxylic acids is 1. The monoisotopic (exact) mass is 427 g/mol. The third-order valence-electron chi connectivity index (χ3n) is 7.56. The topological polar surface area (TPSA) is 72.6 Å². The summed E-state index contributed by atoms with van der Waals surface area (Å²) in [5.74, 6) is -0.555. The Morgan fingerprint density at radius 3 is 2.68 bits per heavy atom. The molecule has 2 unspecified atom stereocenters. The summed E-state index contributed by atoms with van der Waals surface area (Å²) in [6.07, 6.45) is 9.53. The molecule has 1 N–H and O–H groups in total. The molecular weight excluding hydrogens is 392 g/mol. The fourth-order valence-corrected chi connectivity index (χ4v) is 5.57. The molecule has 2 fully saturated rings. The number of likely N-dealkylation sites (tertiary alicyclic amines) is 1. The van der Waals surface area contributed by atoms with Gasteiger partial charge in [-0.3, -0.25) is 0 Å². The van der Waals surface area contributed by atoms with Gasteiger partial charge in [0.2, 0.25) is 0 Å². The van der Waals surface area contributed by atoms with Crippen LogP contribution in [0.1, 0.15) is 56.2 Å². The van der Waals surface area contributed by atoms with Crippen molar-refractivity contribution in [1.29, 1.82) is 0 Å². The van der Waals surface area contributed by atoms with E-state index < -0.39 is 11.6 Å². The number of nitrogens with zero attached hydrogens (tertiary/aromatic N) is 2. The van der Waals surface area contributed by atoms with Crippen LogP contribution in [0.2, 0.25) is 0 Å². The third kappa shape index (κ3) is 4.70. The van der Waals surface area contributed by atoms with Gasteiger partial charge in [-0.2, -0.15) is 0 Å². The minimum Gasteiger partial charge on any atom is -0.457 e. The molecule has 4 rings (SSSR count). The summed E-state index contributed by atoms with van der Waals surface area (Å²) < 4.78 is 11.7. The smallest absolute Gasteiger partial charge is 0.343 e. The van der Waals surface area contributed by atoms with Crippen molar-refractivity contribution in [1.82, 2.24) is 5.16 Å². The molecule has 6 nitrogen and oxygen atoms in total. The summed E-state index contributed by atoms with van der Waals surface area (Å²) in [4.78, 5) is 13.3. The van der Waals surface area contributed by atoms with Crippen LogP contribution in [0.3, 0.4) is 0 Å². The first-order valence-electron chi connectivity index (χ1n) is 11.7. The van der Waals surface area contributed by atoms with Gasteiger partial charge in [-0.1, -0.05) is 48.3 Å². The van der Waals surface area contributed by atoms with Crippen molar-refractivity contribution < 1.29 is 23.6 Å². The average Bonchev–Trinajstić information content (AvgIpc) is 3.55. The molecule has 1 saturated carbocycles. The van der Waals surface area contributed by atoms with Crippen molar-refractivity contribution in [2.24, 2.45) is 5.92 Å². The fraction of sp³-hybridized carbons (Fsp3) is 0.600. The van der Waals surface area contributed by atoms with Gasteiger partial charge < -0.3 is 18.8 Å². The van der Waals surface area contributed by atoms with Gasteiger partial charge in [0.1, 0.15) is 18.9 Å². The van der Waals surface area contributed by atoms with E-state index >= 15 is 0 Å². The Bertz CT molecular complexity index is 834. The number of hydrogen-bond donors (Lipinski definition) is 1. The lowest BCUT2D eigenvalue weighted by molar-refractivity contribution is -0.921. The Hall–Kier alpha value is -2.18. The van der Waals surface area contributed by atoms with E-state index in [0.29, 0.717) is 12.2 Å². The van der Waals surface area contributed by atoms with Crippen LogP contribution in [0.4, 0.5) is 0 Å². The number of quaternary nitrogens is 1. The Labute approximate surface area is 184 Å². The van der Waals surface area contributed by atoms with E-state index in [2.05, 4.69) is 12.2 Å². The van der Waals surface area contributed by atoms with Crippen LogP contribution in [0.15, 0.2) is 47.2 Å². The van der Waals surface area contributed by atoms with E-state index in [1.807, 2.05) is 36.4 Å². The first-order valence-corrected chi connectivity index (χ1v) is 11.7. The molecule has 1 aromatic carbocycles. The summed E-state index contributed by atoms with van der Waals surface area (Å²) >= 11 is 0. The number of ether oxygens (including phenoxy) is 1. The minimum atomic E-state index is -1.55. The number of hydrogen-bond acceptors (Lipinski definition) is 5. The number of likely N-dealkylation sites (N-methyl/N-ethyl adjacent to an activating group) is 1. The van der Waals surface area contributed by atoms with Gasteiger partial charge in [0.15, 0.2) is 5.60 Å². The number of rotatable bonds is 9. The zero-order chi connectivity index (χ0) is 21.7. The summed E-state index contributed by atoms with van der Waals surface area (Å²) in [5.41, 5.74) is 0.0913. The summed E-state index contributed by atoms with van der Waals surface area (Å²) in [6, 6.07) is 11.5. The normalized spacial score (nSPS) is 26.1. The molecule has 2 heterocycles. The SMILES string of the molecule is C[N+]1(CCCc2ccon2)CCCC1COC(=O)[C@](O)(c1ccccc1)C1CCCC1. The van der Waals surface area contributed by atoms with Crippen molar-refractivity contribution in [3.8, 4) is 0 Å². The zero-order valence-corrected chi connectivity index (χ0v) is 18.5. The van der Waals surface area contributed by atoms with E-state index in [-0.39, 0.29) is 12.0 Å². The van der Waals surface area contributed by atoms with E-state index in [1.165, 1.54) is 0 Å². The highest BCUT2D eigenvalue weighted by molar-refractivity contribution is 5.81. The molecule has 1 saturated heterocycles. The van der Waals surface area contributed by atoms with Gasteiger partial charge in [-0.25, -0.2) is 4.79 Å². The lowest BCUT2D eigenvalue weighted by Crippen LogP contribution is -2.52. The quantitative estimate of drug-likeness (QED) is 0.486. The van der Waals surface area contributed by atoms with E-state index in [4.69, 9.17) is 9.26 Å². The molecule has 2 aromatic rings. The van der Waals surface area contributed by atoms with Crippen molar-refractivity contribution in [3.63, 3.8) is 0 Å². The van der Waals surface area contributed by atoms with Crippen LogP contribution in [0, 0.1) is 5.92 Å². The van der Waals surface area contributed by atoms with Crippen LogP contribution in [0.25, 0.3) is 0 Å². The van der Waals surface area contributed by atoms with Crippen LogP contribution in [0.5, 0.6) is 0 Å². The van der Waals surface area contributed by atoms with Crippen molar-refractivity contribution in [3.05, 3.63) is 53.9 Å². The van der Waals surface area contributed by atoms with Gasteiger partial charge in [-0.15, -0.1) is 0 Å². The largest absolute Gasteiger partial charge is 0.457 e. The lowest BCUT2D eigenvalue weighted by Gasteiger charge is -2.37. The van der Waals surface area contributed by atoms with Gasteiger partial charge in [0.05, 0.1) is 25.8 Å². The molecule has 0 radical (unpaired) electrons. The Morgan fingerprint density at radius 1 is 1.19 bits per heavy atom. The second-order valence-electron chi connectivity index (χ2n) is 9.53. The Balaban J connectivity index is 1.39. The van der Waals surface area contributed by atoms with E-state index in [9.17, 15) is 9.90 Å². The molecule has 3 atom stereocenters. The third-order valence-corrected chi connectivity index (χ3v) is 7.56. The fourth-order valence-electron chi connectivity index (χ4n) is 5.57. The minimum absolute atomic E-state index is 0.0747. The maximum atomic E-state index is 13.3. The second-order valence-corrected chi connectivity index (χ2v) is 9.53. The number of carbonyl (C=O) groups is 1. The van der Waals surface area contributed by atoms with Crippen molar-refractivity contribution >= 4 is 5.97 Å². The molecule has 6 heteroatoms. The number of aromatic nitrogens is 1. The highest BCUT2D eigenvalue weighted by Gasteiger charge is 2.48. The zero-order valence-electron chi connectivity index (χ0n) is 18.5. The molecule has 0 amide bonds. The van der Waals surface area contributed by atoms with Crippen molar-refractivity contribution in [2.75, 3.05) is 26.7 Å². The standard InChI is InChI=1S/C25H35N2O4/c1-27(16-7-13-22-15-18-31-26-22)17-8-14-23(27)19-30-24(28)25(29,21-11-5-6-12-21)20-9-3-2-4-10-20/h2-4,9-10,15,18,21,23,29H,5-8,11-14,16-17,19H2,1H3/q+1/t23?,25-,27?/m0/s1. The molecule has 1 aromatic heterocycles. The number of aryl methyl sites for hydroxylation is 1. The molecular formula is C25H35N2O4+. The van der Waals surface area contributed by atoms with Crippen molar-refractivity contribution in [2.45, 2.75) is 63.0 Å². The predicted molar refractivity (Wildman–Crippen MR) is 117 cm³/mol.